The van der Waals surface area contributed by atoms with E-state index in [-0.39, 0.29) is 24.8 Å². The van der Waals surface area contributed by atoms with Crippen LogP contribution in [0.2, 0.25) is 0 Å². The molecule has 0 fully saturated rings. The van der Waals surface area contributed by atoms with Gasteiger partial charge >= 0.3 is 147 Å². The van der Waals surface area contributed by atoms with Gasteiger partial charge in [0.1, 0.15) is 0 Å². The molecule has 0 bridgehead atoms. The number of aromatic amines is 1. The number of hydrogen-bond acceptors (Lipinski definition) is 1. The van der Waals surface area contributed by atoms with E-state index in [2.05, 4.69) is 67.4 Å². The van der Waals surface area contributed by atoms with E-state index in [9.17, 15) is 0 Å². The standard InChI is InChI=1S/C18H17N2Si.2ClH.Zr/c1-11-12(2)20-18(19-11)21-17-15-9-5-3-7-13(15)14-8-4-6-10-16(14)17;;;/h3-10,17,21H,1-2H3,(H,19,20);2*1H;/q;;;+2/p-2. The van der Waals surface area contributed by atoms with Crippen LogP contribution in [0.25, 0.3) is 11.1 Å². The number of halogens is 2. The Morgan fingerprint density at radius 1 is 0.917 bits per heavy atom. The van der Waals surface area contributed by atoms with Gasteiger partial charge in [-0.15, -0.1) is 0 Å². The van der Waals surface area contributed by atoms with E-state index in [1.807, 2.05) is 0 Å². The van der Waals surface area contributed by atoms with Crippen LogP contribution in [0.5, 0.6) is 0 Å². The summed E-state index contributed by atoms with van der Waals surface area (Å²) in [4.78, 5) is 8.38. The molecular formula is C18H17Cl2N2SiZr. The van der Waals surface area contributed by atoms with Gasteiger partial charge in [-0.25, -0.2) is 0 Å². The molecule has 1 aliphatic carbocycles. The third-order valence-corrected chi connectivity index (χ3v) is 11.4. The normalized spacial score (nSPS) is 13.5. The monoisotopic (exact) mass is 449 g/mol. The van der Waals surface area contributed by atoms with Crippen LogP contribution >= 0.6 is 0 Å². The van der Waals surface area contributed by atoms with Crippen LogP contribution < -0.4 is 30.3 Å². The number of nitrogens with zero attached hydrogens (tertiary/aromatic N) is 1. The molecule has 1 heterocycles. The zero-order valence-electron chi connectivity index (χ0n) is 13.5. The number of fused-ring (bicyclic) bond motifs is 3. The molecule has 1 unspecified atom stereocenters. The van der Waals surface area contributed by atoms with Gasteiger partial charge in [-0.3, -0.25) is 0 Å². The maximum absolute atomic E-state index is 4.83. The Morgan fingerprint density at radius 3 is 1.88 bits per heavy atom. The Morgan fingerprint density at radius 2 is 1.42 bits per heavy atom. The van der Waals surface area contributed by atoms with Gasteiger partial charge < -0.3 is 24.8 Å². The summed E-state index contributed by atoms with van der Waals surface area (Å²) < 4.78 is 0. The predicted molar refractivity (Wildman–Crippen MR) is 88.6 cm³/mol. The topological polar surface area (TPSA) is 28.7 Å². The van der Waals surface area contributed by atoms with Gasteiger partial charge in [0.15, 0.2) is 0 Å². The second-order valence-corrected chi connectivity index (χ2v) is 12.7. The molecule has 0 radical (unpaired) electrons. The SMILES string of the molecule is Cc1nc([SiH]([Zr+2])C2c3ccccc3-c3ccccc32)[nH]c1C.[Cl-].[Cl-]. The largest absolute Gasteiger partial charge is 1.00 e. The Kier molecular flexibility index (Phi) is 6.30. The number of benzene rings is 2. The van der Waals surface area contributed by atoms with Crippen LogP contribution in [0.4, 0.5) is 0 Å². The fourth-order valence-corrected chi connectivity index (χ4v) is 9.41. The van der Waals surface area contributed by atoms with Gasteiger partial charge in [-0.1, -0.05) is 0 Å². The molecule has 0 amide bonds. The van der Waals surface area contributed by atoms with Gasteiger partial charge in [0.05, 0.1) is 0 Å². The van der Waals surface area contributed by atoms with E-state index < -0.39 is 5.92 Å². The molecule has 4 rings (SSSR count). The van der Waals surface area contributed by atoms with Gasteiger partial charge in [-0.05, 0) is 0 Å². The molecule has 3 aromatic rings. The molecule has 1 aromatic heterocycles. The molecule has 6 heteroatoms. The minimum Gasteiger partial charge on any atom is -1.00 e. The van der Waals surface area contributed by atoms with Crippen molar-refractivity contribution in [2.24, 2.45) is 0 Å². The molecule has 0 aliphatic heterocycles. The summed E-state index contributed by atoms with van der Waals surface area (Å²) in [5.74, 6) is -1.17. The molecule has 2 nitrogen and oxygen atoms in total. The molecule has 24 heavy (non-hydrogen) atoms. The third kappa shape index (κ3) is 3.10. The van der Waals surface area contributed by atoms with Crippen molar-refractivity contribution in [2.75, 3.05) is 0 Å². The average Bonchev–Trinajstić information content (AvgIpc) is 3.05. The van der Waals surface area contributed by atoms with Crippen LogP contribution in [0.3, 0.4) is 0 Å². The van der Waals surface area contributed by atoms with Crippen molar-refractivity contribution in [3.63, 3.8) is 0 Å². The number of H-pyrrole nitrogens is 1. The molecule has 0 saturated carbocycles. The maximum atomic E-state index is 4.83. The van der Waals surface area contributed by atoms with E-state index in [0.29, 0.717) is 5.54 Å². The molecule has 1 atom stereocenters. The van der Waals surface area contributed by atoms with E-state index in [4.69, 9.17) is 4.98 Å². The molecule has 1 N–H and O–H groups in total. The minimum atomic E-state index is -1.17. The fraction of sp³-hybridized carbons (Fsp3) is 0.167. The fourth-order valence-electron chi connectivity index (χ4n) is 3.43. The first-order valence-corrected chi connectivity index (χ1v) is 13.7. The first-order chi connectivity index (χ1) is 10.7. The first-order valence-electron chi connectivity index (χ1n) is 7.59. The summed E-state index contributed by atoms with van der Waals surface area (Å²) in [5.41, 5.74) is 10.0. The molecule has 0 spiro atoms. The average molecular weight is 452 g/mol. The van der Waals surface area contributed by atoms with Crippen LogP contribution in [0.15, 0.2) is 48.5 Å². The molecule has 0 saturated heterocycles. The van der Waals surface area contributed by atoms with Crippen LogP contribution in [0.1, 0.15) is 28.1 Å². The Bertz CT molecular complexity index is 801. The molecule has 2 aromatic carbocycles. The van der Waals surface area contributed by atoms with E-state index >= 15 is 0 Å². The Hall–Kier alpha value is -0.670. The van der Waals surface area contributed by atoms with Crippen molar-refractivity contribution >= 4 is 11.4 Å². The van der Waals surface area contributed by atoms with Crippen molar-refractivity contribution in [1.82, 2.24) is 9.97 Å². The van der Waals surface area contributed by atoms with Crippen molar-refractivity contribution < 1.29 is 48.7 Å². The second-order valence-electron chi connectivity index (χ2n) is 5.96. The van der Waals surface area contributed by atoms with Crippen molar-refractivity contribution in [3.05, 3.63) is 71.0 Å². The van der Waals surface area contributed by atoms with Crippen molar-refractivity contribution in [2.45, 2.75) is 19.4 Å². The summed E-state index contributed by atoms with van der Waals surface area (Å²) in [5, 5.41) is 0. The number of aromatic nitrogens is 2. The zero-order chi connectivity index (χ0) is 15.3. The Labute approximate surface area is 170 Å². The quantitative estimate of drug-likeness (QED) is 0.410. The minimum absolute atomic E-state index is 0. The number of hydrogen-bond donors (Lipinski definition) is 1. The summed E-state index contributed by atoms with van der Waals surface area (Å²) in [7, 11) is 0. The van der Waals surface area contributed by atoms with Crippen LogP contribution in [-0.4, -0.2) is 15.9 Å². The van der Waals surface area contributed by atoms with E-state index in [1.165, 1.54) is 33.4 Å². The predicted octanol–water partition coefficient (Wildman–Crippen LogP) is -3.14. The van der Waals surface area contributed by atoms with Crippen LogP contribution in [0, 0.1) is 13.8 Å². The molecule has 121 valence electrons. The molecule has 1 aliphatic rings. The Balaban J connectivity index is 0.00000104. The van der Waals surface area contributed by atoms with Gasteiger partial charge in [0.2, 0.25) is 0 Å². The van der Waals surface area contributed by atoms with E-state index in [0.717, 1.165) is 5.69 Å². The summed E-state index contributed by atoms with van der Waals surface area (Å²) >= 11 is 1.64. The maximum Gasteiger partial charge on any atom is -1.00 e. The van der Waals surface area contributed by atoms with Crippen molar-refractivity contribution in [3.8, 4) is 11.1 Å². The van der Waals surface area contributed by atoms with E-state index in [1.54, 1.807) is 23.9 Å². The number of aryl methyl sites for hydroxylation is 2. The number of imidazole rings is 1. The zero-order valence-corrected chi connectivity index (χ0v) is 18.6. The number of nitrogens with one attached hydrogen (secondary N) is 1. The molecular weight excluding hydrogens is 434 g/mol. The van der Waals surface area contributed by atoms with Gasteiger partial charge in [-0.2, -0.15) is 0 Å². The summed E-state index contributed by atoms with van der Waals surface area (Å²) in [6.45, 7) is 4.22. The van der Waals surface area contributed by atoms with Gasteiger partial charge in [0, 0.05) is 0 Å². The summed E-state index contributed by atoms with van der Waals surface area (Å²) in [6, 6.07) is 17.8. The summed E-state index contributed by atoms with van der Waals surface area (Å²) in [6.07, 6.45) is 0. The number of rotatable bonds is 2. The van der Waals surface area contributed by atoms with Crippen molar-refractivity contribution in [1.29, 1.82) is 0 Å². The van der Waals surface area contributed by atoms with Crippen LogP contribution in [-0.2, 0) is 23.9 Å². The first kappa shape index (κ1) is 19.7. The smallest absolute Gasteiger partial charge is 1.00 e. The third-order valence-electron chi connectivity index (χ3n) is 4.66. The van der Waals surface area contributed by atoms with Gasteiger partial charge in [0.25, 0.3) is 0 Å². The second kappa shape index (κ2) is 7.70.